The standard InChI is InChI=1S/C20H25NO2/c1-3-9-16-17-12-7-8-13-18(17)21(2)19(16)14-20(22)23-15-10-5-4-6-11-15/h3,7-8,12-13,15H,1,4-6,9-11,14H2,2H3. The van der Waals surface area contributed by atoms with Crippen molar-refractivity contribution < 1.29 is 9.53 Å². The second-order valence-corrected chi connectivity index (χ2v) is 6.42. The number of nitrogens with zero attached hydrogens (tertiary/aromatic N) is 1. The van der Waals surface area contributed by atoms with Gasteiger partial charge in [-0.2, -0.15) is 0 Å². The Hall–Kier alpha value is -2.03. The highest BCUT2D eigenvalue weighted by molar-refractivity contribution is 5.87. The molecule has 3 nitrogen and oxygen atoms in total. The molecule has 0 N–H and O–H groups in total. The Kier molecular flexibility index (Phi) is 4.85. The van der Waals surface area contributed by atoms with Gasteiger partial charge in [-0.15, -0.1) is 6.58 Å². The Morgan fingerprint density at radius 3 is 2.78 bits per heavy atom. The van der Waals surface area contributed by atoms with E-state index in [0.717, 1.165) is 30.5 Å². The molecule has 3 heteroatoms. The summed E-state index contributed by atoms with van der Waals surface area (Å²) in [6.07, 6.45) is 8.77. The summed E-state index contributed by atoms with van der Waals surface area (Å²) in [6, 6.07) is 8.28. The van der Waals surface area contributed by atoms with E-state index in [0.29, 0.717) is 6.42 Å². The number of rotatable bonds is 5. The van der Waals surface area contributed by atoms with E-state index in [4.69, 9.17) is 4.74 Å². The van der Waals surface area contributed by atoms with Crippen molar-refractivity contribution in [3.05, 3.63) is 48.2 Å². The summed E-state index contributed by atoms with van der Waals surface area (Å²) in [5.41, 5.74) is 3.40. The van der Waals surface area contributed by atoms with Crippen LogP contribution in [0.15, 0.2) is 36.9 Å². The molecule has 23 heavy (non-hydrogen) atoms. The van der Waals surface area contributed by atoms with Gasteiger partial charge in [-0.3, -0.25) is 4.79 Å². The van der Waals surface area contributed by atoms with Crippen LogP contribution in [0.5, 0.6) is 0 Å². The van der Waals surface area contributed by atoms with Gasteiger partial charge in [0.15, 0.2) is 0 Å². The van der Waals surface area contributed by atoms with Crippen LogP contribution in [0.4, 0.5) is 0 Å². The van der Waals surface area contributed by atoms with Crippen LogP contribution in [0.1, 0.15) is 43.4 Å². The largest absolute Gasteiger partial charge is 0.462 e. The van der Waals surface area contributed by atoms with E-state index < -0.39 is 0 Å². The number of aryl methyl sites for hydroxylation is 1. The minimum atomic E-state index is -0.104. The molecular formula is C20H25NO2. The molecule has 0 atom stereocenters. The number of carbonyl (C=O) groups excluding carboxylic acids is 1. The molecule has 1 heterocycles. The lowest BCUT2D eigenvalue weighted by atomic mass is 9.98. The zero-order chi connectivity index (χ0) is 16.2. The van der Waals surface area contributed by atoms with Crippen molar-refractivity contribution in [1.29, 1.82) is 0 Å². The van der Waals surface area contributed by atoms with Crippen molar-refractivity contribution in [2.75, 3.05) is 0 Å². The second-order valence-electron chi connectivity index (χ2n) is 6.42. The highest BCUT2D eigenvalue weighted by atomic mass is 16.5. The Labute approximate surface area is 137 Å². The average Bonchev–Trinajstić information content (AvgIpc) is 2.82. The van der Waals surface area contributed by atoms with E-state index in [1.54, 1.807) is 0 Å². The third kappa shape index (κ3) is 3.34. The van der Waals surface area contributed by atoms with Gasteiger partial charge in [0, 0.05) is 23.6 Å². The molecule has 1 aromatic heterocycles. The normalized spacial score (nSPS) is 15.7. The smallest absolute Gasteiger partial charge is 0.312 e. The third-order valence-corrected chi connectivity index (χ3v) is 4.85. The molecule has 0 bridgehead atoms. The van der Waals surface area contributed by atoms with Crippen molar-refractivity contribution in [2.45, 2.75) is 51.0 Å². The van der Waals surface area contributed by atoms with Crippen LogP contribution in [0.3, 0.4) is 0 Å². The van der Waals surface area contributed by atoms with Crippen LogP contribution >= 0.6 is 0 Å². The van der Waals surface area contributed by atoms with Gasteiger partial charge in [-0.1, -0.05) is 30.7 Å². The first kappa shape index (κ1) is 15.9. The Balaban J connectivity index is 1.83. The Morgan fingerprint density at radius 2 is 2.04 bits per heavy atom. The maximum absolute atomic E-state index is 12.4. The fourth-order valence-corrected chi connectivity index (χ4v) is 3.67. The predicted molar refractivity (Wildman–Crippen MR) is 93.5 cm³/mol. The van der Waals surface area contributed by atoms with Gasteiger partial charge >= 0.3 is 5.97 Å². The molecule has 1 saturated carbocycles. The van der Waals surface area contributed by atoms with Gasteiger partial charge in [-0.05, 0) is 43.7 Å². The third-order valence-electron chi connectivity index (χ3n) is 4.85. The number of para-hydroxylation sites is 1. The number of ether oxygens (including phenoxy) is 1. The fraction of sp³-hybridized carbons (Fsp3) is 0.450. The van der Waals surface area contributed by atoms with Gasteiger partial charge in [0.2, 0.25) is 0 Å². The summed E-state index contributed by atoms with van der Waals surface area (Å²) in [5.74, 6) is -0.104. The molecule has 0 amide bonds. The van der Waals surface area contributed by atoms with E-state index >= 15 is 0 Å². The highest BCUT2D eigenvalue weighted by Crippen LogP contribution is 2.27. The van der Waals surface area contributed by atoms with Gasteiger partial charge < -0.3 is 9.30 Å². The number of esters is 1. The van der Waals surface area contributed by atoms with Gasteiger partial charge in [0.05, 0.1) is 6.42 Å². The first-order valence-corrected chi connectivity index (χ1v) is 8.56. The van der Waals surface area contributed by atoms with E-state index in [1.807, 2.05) is 25.3 Å². The van der Waals surface area contributed by atoms with Crippen molar-refractivity contribution in [1.82, 2.24) is 4.57 Å². The summed E-state index contributed by atoms with van der Waals surface area (Å²) >= 11 is 0. The van der Waals surface area contributed by atoms with Gasteiger partial charge in [0.25, 0.3) is 0 Å². The summed E-state index contributed by atoms with van der Waals surface area (Å²) < 4.78 is 7.82. The first-order valence-electron chi connectivity index (χ1n) is 8.56. The number of carbonyl (C=O) groups is 1. The zero-order valence-corrected chi connectivity index (χ0v) is 13.9. The topological polar surface area (TPSA) is 31.2 Å². The summed E-state index contributed by atoms with van der Waals surface area (Å²) in [6.45, 7) is 3.86. The average molecular weight is 311 g/mol. The van der Waals surface area contributed by atoms with Crippen LogP contribution in [0.25, 0.3) is 10.9 Å². The lowest BCUT2D eigenvalue weighted by molar-refractivity contribution is -0.149. The molecule has 0 saturated heterocycles. The molecule has 1 aromatic carbocycles. The molecule has 1 aliphatic carbocycles. The number of fused-ring (bicyclic) bond motifs is 1. The van der Waals surface area contributed by atoms with Crippen molar-refractivity contribution in [2.24, 2.45) is 7.05 Å². The van der Waals surface area contributed by atoms with Crippen molar-refractivity contribution in [3.63, 3.8) is 0 Å². The lowest BCUT2D eigenvalue weighted by Crippen LogP contribution is -2.22. The maximum Gasteiger partial charge on any atom is 0.312 e. The van der Waals surface area contributed by atoms with Gasteiger partial charge in [0.1, 0.15) is 6.10 Å². The number of hydrogen-bond acceptors (Lipinski definition) is 2. The van der Waals surface area contributed by atoms with Crippen LogP contribution in [0, 0.1) is 0 Å². The fourth-order valence-electron chi connectivity index (χ4n) is 3.67. The molecule has 0 spiro atoms. The Morgan fingerprint density at radius 1 is 1.30 bits per heavy atom. The second kappa shape index (κ2) is 7.03. The molecule has 1 aliphatic rings. The molecule has 122 valence electrons. The molecular weight excluding hydrogens is 286 g/mol. The SMILES string of the molecule is C=CCc1c(CC(=O)OC2CCCCC2)n(C)c2ccccc12. The van der Waals surface area contributed by atoms with E-state index in [-0.39, 0.29) is 12.1 Å². The quantitative estimate of drug-likeness (QED) is 0.608. The predicted octanol–water partition coefficient (Wildman–Crippen LogP) is 4.33. The van der Waals surface area contributed by atoms with E-state index in [1.165, 1.54) is 30.2 Å². The van der Waals surface area contributed by atoms with Crippen LogP contribution in [0.2, 0.25) is 0 Å². The maximum atomic E-state index is 12.4. The monoisotopic (exact) mass is 311 g/mol. The minimum absolute atomic E-state index is 0.104. The number of hydrogen-bond donors (Lipinski definition) is 0. The summed E-state index contributed by atoms with van der Waals surface area (Å²) in [4.78, 5) is 12.4. The molecule has 3 rings (SSSR count). The van der Waals surface area contributed by atoms with E-state index in [9.17, 15) is 4.79 Å². The number of allylic oxidation sites excluding steroid dienone is 1. The molecule has 0 radical (unpaired) electrons. The van der Waals surface area contributed by atoms with Crippen molar-refractivity contribution in [3.8, 4) is 0 Å². The van der Waals surface area contributed by atoms with E-state index in [2.05, 4.69) is 23.3 Å². The summed E-state index contributed by atoms with van der Waals surface area (Å²) in [5, 5.41) is 1.20. The summed E-state index contributed by atoms with van der Waals surface area (Å²) in [7, 11) is 2.03. The zero-order valence-electron chi connectivity index (χ0n) is 13.9. The minimum Gasteiger partial charge on any atom is -0.462 e. The first-order chi connectivity index (χ1) is 11.2. The molecule has 2 aromatic rings. The highest BCUT2D eigenvalue weighted by Gasteiger charge is 2.21. The molecule has 0 unspecified atom stereocenters. The van der Waals surface area contributed by atoms with Crippen LogP contribution < -0.4 is 0 Å². The molecule has 0 aliphatic heterocycles. The molecule has 1 fully saturated rings. The van der Waals surface area contributed by atoms with Gasteiger partial charge in [-0.25, -0.2) is 0 Å². The van der Waals surface area contributed by atoms with Crippen molar-refractivity contribution >= 4 is 16.9 Å². The van der Waals surface area contributed by atoms with Crippen LogP contribution in [-0.4, -0.2) is 16.6 Å². The Bertz CT molecular complexity index is 708. The van der Waals surface area contributed by atoms with Crippen LogP contribution in [-0.2, 0) is 29.4 Å². The number of aromatic nitrogens is 1. The lowest BCUT2D eigenvalue weighted by Gasteiger charge is -2.22. The number of benzene rings is 1.